The molecule has 2 aromatic rings. The smallest absolute Gasteiger partial charge is 0.193 e. The van der Waals surface area contributed by atoms with Crippen LogP contribution >= 0.6 is 0 Å². The van der Waals surface area contributed by atoms with Crippen LogP contribution in [0.15, 0.2) is 55.1 Å². The SMILES string of the molecule is C=C(C(=O)c1ccccc1)c1cc(C)ccc1OCC. The minimum absolute atomic E-state index is 0.0721. The maximum Gasteiger partial charge on any atom is 0.193 e. The zero-order valence-corrected chi connectivity index (χ0v) is 11.8. The summed E-state index contributed by atoms with van der Waals surface area (Å²) in [5.41, 5.74) is 2.94. The van der Waals surface area contributed by atoms with Crippen LogP contribution in [0.5, 0.6) is 5.75 Å². The first-order chi connectivity index (χ1) is 9.63. The van der Waals surface area contributed by atoms with Gasteiger partial charge in [0.05, 0.1) is 6.61 Å². The van der Waals surface area contributed by atoms with Crippen LogP contribution in [0, 0.1) is 6.92 Å². The molecule has 20 heavy (non-hydrogen) atoms. The lowest BCUT2D eigenvalue weighted by molar-refractivity contribution is 0.105. The third-order valence-electron chi connectivity index (χ3n) is 3.07. The fourth-order valence-electron chi connectivity index (χ4n) is 2.05. The van der Waals surface area contributed by atoms with Gasteiger partial charge in [-0.15, -0.1) is 0 Å². The molecule has 2 rings (SSSR count). The van der Waals surface area contributed by atoms with E-state index in [9.17, 15) is 4.79 Å². The van der Waals surface area contributed by atoms with Crippen molar-refractivity contribution in [3.63, 3.8) is 0 Å². The van der Waals surface area contributed by atoms with Crippen molar-refractivity contribution in [1.29, 1.82) is 0 Å². The van der Waals surface area contributed by atoms with Crippen LogP contribution in [0.4, 0.5) is 0 Å². The van der Waals surface area contributed by atoms with Crippen LogP contribution < -0.4 is 4.74 Å². The van der Waals surface area contributed by atoms with E-state index in [1.807, 2.05) is 50.2 Å². The molecule has 2 aromatic carbocycles. The van der Waals surface area contributed by atoms with E-state index in [1.54, 1.807) is 12.1 Å². The number of ether oxygens (including phenoxy) is 1. The standard InChI is InChI=1S/C18H18O2/c1-4-20-17-11-10-13(2)12-16(17)14(3)18(19)15-8-6-5-7-9-15/h5-12H,3-4H2,1-2H3. The highest BCUT2D eigenvalue weighted by Crippen LogP contribution is 2.28. The van der Waals surface area contributed by atoms with Crippen LogP contribution in [0.2, 0.25) is 0 Å². The Morgan fingerprint density at radius 3 is 2.50 bits per heavy atom. The van der Waals surface area contributed by atoms with E-state index in [1.165, 1.54) is 0 Å². The van der Waals surface area contributed by atoms with Crippen molar-refractivity contribution in [2.24, 2.45) is 0 Å². The number of carbonyl (C=O) groups is 1. The fraction of sp³-hybridized carbons (Fsp3) is 0.167. The summed E-state index contributed by atoms with van der Waals surface area (Å²) in [6.45, 7) is 8.42. The Labute approximate surface area is 119 Å². The topological polar surface area (TPSA) is 26.3 Å². The predicted octanol–water partition coefficient (Wildman–Crippen LogP) is 4.29. The molecule has 0 heterocycles. The van der Waals surface area contributed by atoms with Crippen LogP contribution in [0.25, 0.3) is 5.57 Å². The molecule has 0 aliphatic heterocycles. The molecule has 0 N–H and O–H groups in total. The number of Topliss-reactive ketones (excluding diaryl/α,β-unsaturated/α-hetero) is 1. The molecular formula is C18H18O2. The molecule has 0 bridgehead atoms. The molecule has 0 spiro atoms. The minimum atomic E-state index is -0.0721. The summed E-state index contributed by atoms with van der Waals surface area (Å²) in [5.74, 6) is 0.629. The third kappa shape index (κ3) is 2.97. The lowest BCUT2D eigenvalue weighted by Gasteiger charge is -2.12. The number of benzene rings is 2. The Bertz CT molecular complexity index is 627. The molecule has 0 aliphatic carbocycles. The number of aryl methyl sites for hydroxylation is 1. The molecule has 0 aromatic heterocycles. The van der Waals surface area contributed by atoms with E-state index in [0.29, 0.717) is 23.5 Å². The van der Waals surface area contributed by atoms with Gasteiger partial charge in [-0.25, -0.2) is 0 Å². The lowest BCUT2D eigenvalue weighted by atomic mass is 9.96. The molecule has 0 radical (unpaired) electrons. The van der Waals surface area contributed by atoms with Gasteiger partial charge in [-0.05, 0) is 26.0 Å². The Balaban J connectivity index is 2.38. The Morgan fingerprint density at radius 1 is 1.15 bits per heavy atom. The minimum Gasteiger partial charge on any atom is -0.493 e. The van der Waals surface area contributed by atoms with E-state index in [0.717, 1.165) is 11.1 Å². The van der Waals surface area contributed by atoms with Gasteiger partial charge in [0.15, 0.2) is 5.78 Å². The molecule has 0 unspecified atom stereocenters. The van der Waals surface area contributed by atoms with Crippen molar-refractivity contribution < 1.29 is 9.53 Å². The highest BCUT2D eigenvalue weighted by molar-refractivity contribution is 6.28. The summed E-state index contributed by atoms with van der Waals surface area (Å²) in [5, 5.41) is 0. The molecule has 2 heteroatoms. The molecule has 0 amide bonds. The van der Waals surface area contributed by atoms with Crippen molar-refractivity contribution in [1.82, 2.24) is 0 Å². The Kier molecular flexibility index (Phi) is 4.36. The van der Waals surface area contributed by atoms with E-state index in [4.69, 9.17) is 4.74 Å². The van der Waals surface area contributed by atoms with Crippen LogP contribution in [0.1, 0.15) is 28.4 Å². The average Bonchev–Trinajstić information content (AvgIpc) is 2.48. The van der Waals surface area contributed by atoms with Crippen molar-refractivity contribution in [2.75, 3.05) is 6.61 Å². The van der Waals surface area contributed by atoms with Gasteiger partial charge in [-0.2, -0.15) is 0 Å². The number of allylic oxidation sites excluding steroid dienone is 1. The van der Waals surface area contributed by atoms with Crippen LogP contribution in [-0.4, -0.2) is 12.4 Å². The highest BCUT2D eigenvalue weighted by atomic mass is 16.5. The zero-order valence-electron chi connectivity index (χ0n) is 11.8. The maximum atomic E-state index is 12.5. The van der Waals surface area contributed by atoms with Gasteiger partial charge in [0.25, 0.3) is 0 Å². The second kappa shape index (κ2) is 6.20. The van der Waals surface area contributed by atoms with Crippen molar-refractivity contribution in [2.45, 2.75) is 13.8 Å². The number of rotatable bonds is 5. The van der Waals surface area contributed by atoms with Gasteiger partial charge in [-0.3, -0.25) is 4.79 Å². The van der Waals surface area contributed by atoms with Gasteiger partial charge in [0.1, 0.15) is 5.75 Å². The number of hydrogen-bond donors (Lipinski definition) is 0. The van der Waals surface area contributed by atoms with E-state index >= 15 is 0 Å². The molecule has 0 saturated carbocycles. The van der Waals surface area contributed by atoms with Gasteiger partial charge in [0.2, 0.25) is 0 Å². The summed E-state index contributed by atoms with van der Waals surface area (Å²) in [7, 11) is 0. The molecule has 0 fully saturated rings. The van der Waals surface area contributed by atoms with Gasteiger partial charge < -0.3 is 4.74 Å². The van der Waals surface area contributed by atoms with Crippen molar-refractivity contribution in [3.05, 3.63) is 71.8 Å². The van der Waals surface area contributed by atoms with E-state index < -0.39 is 0 Å². The Hall–Kier alpha value is -2.35. The third-order valence-corrected chi connectivity index (χ3v) is 3.07. The first-order valence-corrected chi connectivity index (χ1v) is 6.66. The summed E-state index contributed by atoms with van der Waals surface area (Å²) in [6.07, 6.45) is 0. The largest absolute Gasteiger partial charge is 0.493 e. The van der Waals surface area contributed by atoms with E-state index in [-0.39, 0.29) is 5.78 Å². The second-order valence-corrected chi connectivity index (χ2v) is 4.61. The highest BCUT2D eigenvalue weighted by Gasteiger charge is 2.16. The van der Waals surface area contributed by atoms with Gasteiger partial charge in [0, 0.05) is 16.7 Å². The predicted molar refractivity (Wildman–Crippen MR) is 82.2 cm³/mol. The van der Waals surface area contributed by atoms with E-state index in [2.05, 4.69) is 6.58 Å². The van der Waals surface area contributed by atoms with Crippen LogP contribution in [-0.2, 0) is 0 Å². The Morgan fingerprint density at radius 2 is 1.85 bits per heavy atom. The number of ketones is 1. The van der Waals surface area contributed by atoms with Gasteiger partial charge in [-0.1, -0.05) is 48.5 Å². The quantitative estimate of drug-likeness (QED) is 0.596. The first-order valence-electron chi connectivity index (χ1n) is 6.66. The monoisotopic (exact) mass is 266 g/mol. The molecule has 0 aliphatic rings. The van der Waals surface area contributed by atoms with Crippen molar-refractivity contribution in [3.8, 4) is 5.75 Å². The summed E-state index contributed by atoms with van der Waals surface area (Å²) in [4.78, 5) is 12.5. The fourth-order valence-corrected chi connectivity index (χ4v) is 2.05. The molecule has 2 nitrogen and oxygen atoms in total. The number of hydrogen-bond acceptors (Lipinski definition) is 2. The summed E-state index contributed by atoms with van der Waals surface area (Å²) >= 11 is 0. The molecular weight excluding hydrogens is 248 g/mol. The van der Waals surface area contributed by atoms with Gasteiger partial charge >= 0.3 is 0 Å². The lowest BCUT2D eigenvalue weighted by Crippen LogP contribution is -2.04. The number of carbonyl (C=O) groups excluding carboxylic acids is 1. The normalized spacial score (nSPS) is 10.1. The summed E-state index contributed by atoms with van der Waals surface area (Å²) in [6, 6.07) is 15.0. The summed E-state index contributed by atoms with van der Waals surface area (Å²) < 4.78 is 5.59. The van der Waals surface area contributed by atoms with Crippen LogP contribution in [0.3, 0.4) is 0 Å². The average molecular weight is 266 g/mol. The molecule has 0 saturated heterocycles. The first kappa shape index (κ1) is 14.1. The second-order valence-electron chi connectivity index (χ2n) is 4.61. The maximum absolute atomic E-state index is 12.5. The zero-order chi connectivity index (χ0) is 14.5. The van der Waals surface area contributed by atoms with Crippen molar-refractivity contribution >= 4 is 11.4 Å². The molecule has 102 valence electrons. The molecule has 0 atom stereocenters.